The Hall–Kier alpha value is -1.02. The molecule has 0 unspecified atom stereocenters. The molecule has 1 aliphatic rings. The molecule has 1 N–H and O–H groups in total. The Morgan fingerprint density at radius 2 is 2.36 bits per heavy atom. The Morgan fingerprint density at radius 1 is 1.57 bits per heavy atom. The van der Waals surface area contributed by atoms with Crippen LogP contribution >= 0.6 is 11.6 Å². The van der Waals surface area contributed by atoms with Gasteiger partial charge in [-0.25, -0.2) is 0 Å². The fourth-order valence-corrected chi connectivity index (χ4v) is 1.97. The van der Waals surface area contributed by atoms with Crippen LogP contribution in [0.15, 0.2) is 24.3 Å². The second-order valence-electron chi connectivity index (χ2n) is 3.62. The number of amides is 1. The van der Waals surface area contributed by atoms with Crippen molar-refractivity contribution in [2.45, 2.75) is 12.3 Å². The van der Waals surface area contributed by atoms with E-state index < -0.39 is 0 Å². The first-order valence-corrected chi connectivity index (χ1v) is 5.07. The molecule has 0 radical (unpaired) electrons. The minimum atomic E-state index is 0.134. The van der Waals surface area contributed by atoms with Crippen LogP contribution in [0.3, 0.4) is 0 Å². The van der Waals surface area contributed by atoms with Crippen molar-refractivity contribution in [1.82, 2.24) is 5.32 Å². The lowest BCUT2D eigenvalue weighted by Crippen LogP contribution is -2.20. The lowest BCUT2D eigenvalue weighted by atomic mass is 10.1. The fraction of sp³-hybridized carbons (Fsp3) is 0.364. The number of halogens is 1. The molecule has 0 aromatic heterocycles. The van der Waals surface area contributed by atoms with Crippen molar-refractivity contribution in [3.63, 3.8) is 0 Å². The zero-order valence-electron chi connectivity index (χ0n) is 7.96. The predicted molar refractivity (Wildman–Crippen MR) is 56.4 cm³/mol. The summed E-state index contributed by atoms with van der Waals surface area (Å²) in [4.78, 5) is 11.3. The average Bonchev–Trinajstić information content (AvgIpc) is 2.96. The lowest BCUT2D eigenvalue weighted by Gasteiger charge is -2.00. The Labute approximate surface area is 88.3 Å². The van der Waals surface area contributed by atoms with Crippen LogP contribution in [0.5, 0.6) is 0 Å². The van der Waals surface area contributed by atoms with E-state index in [4.69, 9.17) is 11.6 Å². The van der Waals surface area contributed by atoms with Gasteiger partial charge in [-0.05, 0) is 30.0 Å². The number of carbonyl (C=O) groups excluding carboxylic acids is 1. The summed E-state index contributed by atoms with van der Waals surface area (Å²) < 4.78 is 0. The van der Waals surface area contributed by atoms with Crippen molar-refractivity contribution in [3.05, 3.63) is 34.9 Å². The van der Waals surface area contributed by atoms with E-state index in [1.807, 2.05) is 24.3 Å². The van der Waals surface area contributed by atoms with Gasteiger partial charge in [0.25, 0.3) is 0 Å². The number of hydrogen-bond donors (Lipinski definition) is 1. The molecule has 1 aromatic carbocycles. The Morgan fingerprint density at radius 3 is 3.00 bits per heavy atom. The Bertz CT molecular complexity index is 364. The molecule has 0 spiro atoms. The first-order valence-electron chi connectivity index (χ1n) is 4.69. The molecule has 14 heavy (non-hydrogen) atoms. The van der Waals surface area contributed by atoms with Gasteiger partial charge >= 0.3 is 0 Å². The van der Waals surface area contributed by atoms with Crippen LogP contribution in [0.25, 0.3) is 0 Å². The standard InChI is InChI=1S/C11H12ClNO/c1-13-11(14)10-6-9(10)7-3-2-4-8(12)5-7/h2-5,9-10H,6H2,1H3,(H,13,14)/t9-,10+/m1/s1. The highest BCUT2D eigenvalue weighted by Crippen LogP contribution is 2.47. The van der Waals surface area contributed by atoms with Crippen LogP contribution < -0.4 is 5.32 Å². The predicted octanol–water partition coefficient (Wildman–Crippen LogP) is 2.19. The summed E-state index contributed by atoms with van der Waals surface area (Å²) in [6, 6.07) is 7.74. The van der Waals surface area contributed by atoms with Crippen LogP contribution in [0.4, 0.5) is 0 Å². The van der Waals surface area contributed by atoms with Crippen molar-refractivity contribution in [3.8, 4) is 0 Å². The Balaban J connectivity index is 2.09. The van der Waals surface area contributed by atoms with Crippen molar-refractivity contribution < 1.29 is 4.79 Å². The van der Waals surface area contributed by atoms with Crippen molar-refractivity contribution in [2.24, 2.45) is 5.92 Å². The number of benzene rings is 1. The van der Waals surface area contributed by atoms with Gasteiger partial charge in [-0.15, -0.1) is 0 Å². The second-order valence-corrected chi connectivity index (χ2v) is 4.05. The zero-order valence-corrected chi connectivity index (χ0v) is 8.71. The van der Waals surface area contributed by atoms with Gasteiger partial charge in [0.1, 0.15) is 0 Å². The van der Waals surface area contributed by atoms with Gasteiger partial charge in [0.05, 0.1) is 0 Å². The number of hydrogen-bond acceptors (Lipinski definition) is 1. The molecule has 1 aliphatic carbocycles. The van der Waals surface area contributed by atoms with E-state index >= 15 is 0 Å². The number of rotatable bonds is 2. The molecule has 0 bridgehead atoms. The molecule has 1 aromatic rings. The summed E-state index contributed by atoms with van der Waals surface area (Å²) >= 11 is 5.88. The molecular weight excluding hydrogens is 198 g/mol. The molecule has 0 heterocycles. The maximum Gasteiger partial charge on any atom is 0.223 e. The van der Waals surface area contributed by atoms with Crippen LogP contribution in [0, 0.1) is 5.92 Å². The molecule has 2 rings (SSSR count). The average molecular weight is 210 g/mol. The third kappa shape index (κ3) is 1.75. The van der Waals surface area contributed by atoms with Crippen LogP contribution in [0.2, 0.25) is 5.02 Å². The van der Waals surface area contributed by atoms with Crippen LogP contribution in [-0.4, -0.2) is 13.0 Å². The van der Waals surface area contributed by atoms with Gasteiger partial charge in [-0.3, -0.25) is 4.79 Å². The van der Waals surface area contributed by atoms with Crippen molar-refractivity contribution in [1.29, 1.82) is 0 Å². The fourth-order valence-electron chi connectivity index (χ4n) is 1.78. The van der Waals surface area contributed by atoms with E-state index in [9.17, 15) is 4.79 Å². The molecule has 1 fully saturated rings. The minimum absolute atomic E-state index is 0.134. The largest absolute Gasteiger partial charge is 0.359 e. The molecule has 2 atom stereocenters. The SMILES string of the molecule is CNC(=O)[C@H]1C[C@@H]1c1cccc(Cl)c1. The molecule has 2 nitrogen and oxygen atoms in total. The highest BCUT2D eigenvalue weighted by atomic mass is 35.5. The summed E-state index contributed by atoms with van der Waals surface area (Å²) in [5.41, 5.74) is 1.17. The summed E-state index contributed by atoms with van der Waals surface area (Å²) in [5, 5.41) is 3.41. The van der Waals surface area contributed by atoms with E-state index in [1.165, 1.54) is 5.56 Å². The van der Waals surface area contributed by atoms with E-state index in [2.05, 4.69) is 5.32 Å². The van der Waals surface area contributed by atoms with Gasteiger partial charge in [0.2, 0.25) is 5.91 Å². The number of carbonyl (C=O) groups is 1. The van der Waals surface area contributed by atoms with Gasteiger partial charge in [0, 0.05) is 18.0 Å². The smallest absolute Gasteiger partial charge is 0.223 e. The molecule has 3 heteroatoms. The van der Waals surface area contributed by atoms with Gasteiger partial charge in [-0.1, -0.05) is 23.7 Å². The topological polar surface area (TPSA) is 29.1 Å². The third-order valence-corrected chi connectivity index (χ3v) is 2.89. The third-order valence-electron chi connectivity index (χ3n) is 2.65. The quantitative estimate of drug-likeness (QED) is 0.795. The van der Waals surface area contributed by atoms with E-state index in [0.29, 0.717) is 5.92 Å². The zero-order chi connectivity index (χ0) is 10.1. The summed E-state index contributed by atoms with van der Waals surface area (Å²) in [5.74, 6) is 0.655. The highest BCUT2D eigenvalue weighted by Gasteiger charge is 2.43. The molecule has 0 saturated heterocycles. The van der Waals surface area contributed by atoms with E-state index in [1.54, 1.807) is 7.05 Å². The molecular formula is C11H12ClNO. The van der Waals surface area contributed by atoms with Gasteiger partial charge < -0.3 is 5.32 Å². The minimum Gasteiger partial charge on any atom is -0.359 e. The monoisotopic (exact) mass is 209 g/mol. The summed E-state index contributed by atoms with van der Waals surface area (Å²) in [7, 11) is 1.68. The molecule has 74 valence electrons. The normalized spacial score (nSPS) is 24.4. The molecule has 1 saturated carbocycles. The van der Waals surface area contributed by atoms with Gasteiger partial charge in [0.15, 0.2) is 0 Å². The maximum atomic E-state index is 11.3. The van der Waals surface area contributed by atoms with Crippen LogP contribution in [-0.2, 0) is 4.79 Å². The lowest BCUT2D eigenvalue weighted by molar-refractivity contribution is -0.121. The first kappa shape index (κ1) is 9.53. The van der Waals surface area contributed by atoms with E-state index in [-0.39, 0.29) is 11.8 Å². The number of nitrogens with one attached hydrogen (secondary N) is 1. The van der Waals surface area contributed by atoms with Crippen LogP contribution in [0.1, 0.15) is 17.9 Å². The maximum absolute atomic E-state index is 11.3. The van der Waals surface area contributed by atoms with Crippen molar-refractivity contribution in [2.75, 3.05) is 7.05 Å². The second kappa shape index (κ2) is 3.62. The van der Waals surface area contributed by atoms with E-state index in [0.717, 1.165) is 11.4 Å². The summed E-state index contributed by atoms with van der Waals surface area (Å²) in [6.45, 7) is 0. The van der Waals surface area contributed by atoms with Gasteiger partial charge in [-0.2, -0.15) is 0 Å². The Kier molecular flexibility index (Phi) is 2.46. The van der Waals surface area contributed by atoms with Crippen molar-refractivity contribution >= 4 is 17.5 Å². The molecule has 0 aliphatic heterocycles. The molecule has 1 amide bonds. The first-order chi connectivity index (χ1) is 6.72. The highest BCUT2D eigenvalue weighted by molar-refractivity contribution is 6.30. The summed E-state index contributed by atoms with van der Waals surface area (Å²) in [6.07, 6.45) is 0.944.